The Kier molecular flexibility index (Phi) is 5.48. The molecule has 3 rings (SSSR count). The number of benzene rings is 2. The molecule has 0 aliphatic carbocycles. The molecule has 0 atom stereocenters. The van der Waals surface area contributed by atoms with Crippen molar-refractivity contribution >= 4 is 29.0 Å². The van der Waals surface area contributed by atoms with Crippen LogP contribution in [0.2, 0.25) is 0 Å². The number of methoxy groups -OCH3 is 2. The maximum Gasteiger partial charge on any atom is 0.293 e. The fraction of sp³-hybridized carbons (Fsp3) is 0.150. The van der Waals surface area contributed by atoms with Gasteiger partial charge in [-0.15, -0.1) is 0 Å². The van der Waals surface area contributed by atoms with Gasteiger partial charge in [0.1, 0.15) is 11.5 Å². The molecule has 1 aliphatic heterocycles. The van der Waals surface area contributed by atoms with Crippen molar-refractivity contribution in [2.75, 3.05) is 14.2 Å². The van der Waals surface area contributed by atoms with E-state index in [4.69, 9.17) is 9.47 Å². The Morgan fingerprint density at radius 3 is 2.63 bits per heavy atom. The van der Waals surface area contributed by atoms with E-state index in [1.165, 1.54) is 7.11 Å². The third-order valence-corrected chi connectivity index (χ3v) is 4.97. The lowest BCUT2D eigenvalue weighted by Crippen LogP contribution is -2.27. The number of nitriles is 1. The quantitative estimate of drug-likeness (QED) is 0.734. The fourth-order valence-corrected chi connectivity index (χ4v) is 3.50. The molecule has 1 fully saturated rings. The van der Waals surface area contributed by atoms with Crippen LogP contribution in [0.25, 0.3) is 6.08 Å². The molecule has 1 heterocycles. The Morgan fingerprint density at radius 1 is 1.15 bits per heavy atom. The summed E-state index contributed by atoms with van der Waals surface area (Å²) < 4.78 is 10.5. The van der Waals surface area contributed by atoms with Crippen molar-refractivity contribution in [2.45, 2.75) is 6.54 Å². The SMILES string of the molecule is COc1ccc(OC)c(/C=C2/SC(=O)N(Cc3ccccc3C#N)C2=O)c1. The van der Waals surface area contributed by atoms with Crippen molar-refractivity contribution in [1.82, 2.24) is 4.90 Å². The van der Waals surface area contributed by atoms with Crippen molar-refractivity contribution in [3.05, 3.63) is 64.1 Å². The molecular weight excluding hydrogens is 364 g/mol. The Balaban J connectivity index is 1.90. The smallest absolute Gasteiger partial charge is 0.293 e. The molecule has 2 aromatic rings. The summed E-state index contributed by atoms with van der Waals surface area (Å²) >= 11 is 0.861. The van der Waals surface area contributed by atoms with Gasteiger partial charge in [0.25, 0.3) is 11.1 Å². The summed E-state index contributed by atoms with van der Waals surface area (Å²) in [5.74, 6) is 0.782. The fourth-order valence-electron chi connectivity index (χ4n) is 2.67. The van der Waals surface area contributed by atoms with E-state index in [1.807, 2.05) is 0 Å². The Bertz CT molecular complexity index is 978. The second-order valence-electron chi connectivity index (χ2n) is 5.64. The number of imide groups is 1. The van der Waals surface area contributed by atoms with Crippen LogP contribution in [0.4, 0.5) is 4.79 Å². The second-order valence-corrected chi connectivity index (χ2v) is 6.64. The van der Waals surface area contributed by atoms with Gasteiger partial charge in [0.05, 0.1) is 37.3 Å². The summed E-state index contributed by atoms with van der Waals surface area (Å²) in [5, 5.41) is 8.82. The highest BCUT2D eigenvalue weighted by Crippen LogP contribution is 2.36. The minimum atomic E-state index is -0.400. The van der Waals surface area contributed by atoms with Crippen molar-refractivity contribution < 1.29 is 19.1 Å². The Morgan fingerprint density at radius 2 is 1.93 bits per heavy atom. The molecule has 0 bridgehead atoms. The van der Waals surface area contributed by atoms with E-state index in [9.17, 15) is 14.9 Å². The normalized spacial score (nSPS) is 15.1. The summed E-state index contributed by atoms with van der Waals surface area (Å²) in [6.07, 6.45) is 1.61. The van der Waals surface area contributed by atoms with Crippen LogP contribution in [-0.4, -0.2) is 30.3 Å². The van der Waals surface area contributed by atoms with E-state index in [2.05, 4.69) is 6.07 Å². The third kappa shape index (κ3) is 3.81. The summed E-state index contributed by atoms with van der Waals surface area (Å²) in [5.41, 5.74) is 1.71. The zero-order valence-corrected chi connectivity index (χ0v) is 15.6. The van der Waals surface area contributed by atoms with Crippen molar-refractivity contribution in [1.29, 1.82) is 5.26 Å². The maximum absolute atomic E-state index is 12.7. The average Bonchev–Trinajstić information content (AvgIpc) is 2.95. The van der Waals surface area contributed by atoms with Crippen molar-refractivity contribution in [3.8, 4) is 17.6 Å². The second kappa shape index (κ2) is 7.98. The summed E-state index contributed by atoms with van der Waals surface area (Å²) in [7, 11) is 3.08. The van der Waals surface area contributed by atoms with E-state index < -0.39 is 5.91 Å². The highest BCUT2D eigenvalue weighted by atomic mass is 32.2. The molecule has 0 radical (unpaired) electrons. The number of ether oxygens (including phenoxy) is 2. The molecule has 1 saturated heterocycles. The third-order valence-electron chi connectivity index (χ3n) is 4.06. The molecule has 6 nitrogen and oxygen atoms in total. The first-order valence-electron chi connectivity index (χ1n) is 8.02. The highest BCUT2D eigenvalue weighted by Gasteiger charge is 2.35. The lowest BCUT2D eigenvalue weighted by atomic mass is 10.1. The van der Waals surface area contributed by atoms with Crippen LogP contribution in [0.3, 0.4) is 0 Å². The van der Waals surface area contributed by atoms with Gasteiger partial charge in [0.15, 0.2) is 0 Å². The zero-order chi connectivity index (χ0) is 19.4. The summed E-state index contributed by atoms with van der Waals surface area (Å²) in [4.78, 5) is 26.5. The van der Waals surface area contributed by atoms with Crippen LogP contribution < -0.4 is 9.47 Å². The van der Waals surface area contributed by atoms with Crippen LogP contribution in [0.5, 0.6) is 11.5 Å². The predicted molar refractivity (Wildman–Crippen MR) is 102 cm³/mol. The highest BCUT2D eigenvalue weighted by molar-refractivity contribution is 8.18. The largest absolute Gasteiger partial charge is 0.497 e. The van der Waals surface area contributed by atoms with Gasteiger partial charge in [-0.3, -0.25) is 14.5 Å². The van der Waals surface area contributed by atoms with Gasteiger partial charge in [-0.05, 0) is 47.7 Å². The van der Waals surface area contributed by atoms with Gasteiger partial charge in [-0.2, -0.15) is 5.26 Å². The molecule has 7 heteroatoms. The van der Waals surface area contributed by atoms with Crippen LogP contribution in [0.1, 0.15) is 16.7 Å². The molecule has 27 heavy (non-hydrogen) atoms. The predicted octanol–water partition coefficient (Wildman–Crippen LogP) is 3.81. The van der Waals surface area contributed by atoms with E-state index in [0.717, 1.165) is 16.7 Å². The molecule has 1 aliphatic rings. The topological polar surface area (TPSA) is 79.6 Å². The van der Waals surface area contributed by atoms with Crippen molar-refractivity contribution in [3.63, 3.8) is 0 Å². The number of carbonyl (C=O) groups is 2. The van der Waals surface area contributed by atoms with Gasteiger partial charge in [0.2, 0.25) is 0 Å². The molecule has 2 aromatic carbocycles. The number of hydrogen-bond acceptors (Lipinski definition) is 6. The van der Waals surface area contributed by atoms with Gasteiger partial charge in [0, 0.05) is 5.56 Å². The minimum Gasteiger partial charge on any atom is -0.497 e. The van der Waals surface area contributed by atoms with Crippen LogP contribution in [0, 0.1) is 11.3 Å². The number of amides is 2. The van der Waals surface area contributed by atoms with Gasteiger partial charge >= 0.3 is 0 Å². The minimum absolute atomic E-state index is 0.0565. The first kappa shape index (κ1) is 18.5. The van der Waals surface area contributed by atoms with Crippen LogP contribution >= 0.6 is 11.8 Å². The van der Waals surface area contributed by atoms with Gasteiger partial charge in [-0.25, -0.2) is 0 Å². The molecule has 0 N–H and O–H groups in total. The number of nitrogens with zero attached hydrogens (tertiary/aromatic N) is 2. The molecular formula is C20H16N2O4S. The monoisotopic (exact) mass is 380 g/mol. The molecule has 0 spiro atoms. The first-order chi connectivity index (χ1) is 13.1. The van der Waals surface area contributed by atoms with E-state index >= 15 is 0 Å². The van der Waals surface area contributed by atoms with Crippen molar-refractivity contribution in [2.24, 2.45) is 0 Å². The number of carbonyl (C=O) groups excluding carboxylic acids is 2. The summed E-state index contributed by atoms with van der Waals surface area (Å²) in [6, 6.07) is 14.2. The Labute approximate surface area is 161 Å². The average molecular weight is 380 g/mol. The van der Waals surface area contributed by atoms with E-state index in [-0.39, 0.29) is 11.8 Å². The molecule has 0 unspecified atom stereocenters. The van der Waals surface area contributed by atoms with E-state index in [0.29, 0.717) is 33.1 Å². The molecule has 0 aromatic heterocycles. The summed E-state index contributed by atoms with van der Waals surface area (Å²) in [6.45, 7) is 0.0565. The lowest BCUT2D eigenvalue weighted by molar-refractivity contribution is -0.123. The lowest BCUT2D eigenvalue weighted by Gasteiger charge is -2.13. The molecule has 2 amide bonds. The van der Waals surface area contributed by atoms with E-state index in [1.54, 1.807) is 55.7 Å². The molecule has 136 valence electrons. The standard InChI is InChI=1S/C20H16N2O4S/c1-25-16-7-8-17(26-2)15(9-16)10-18-19(23)22(20(24)27-18)12-14-6-4-3-5-13(14)11-21/h3-10H,12H2,1-2H3/b18-10+. The number of thioether (sulfide) groups is 1. The zero-order valence-electron chi connectivity index (χ0n) is 14.8. The maximum atomic E-state index is 12.7. The van der Waals surface area contributed by atoms with Crippen LogP contribution in [0.15, 0.2) is 47.4 Å². The van der Waals surface area contributed by atoms with Gasteiger partial charge in [-0.1, -0.05) is 18.2 Å². The number of rotatable bonds is 5. The molecule has 0 saturated carbocycles. The Hall–Kier alpha value is -3.24. The first-order valence-corrected chi connectivity index (χ1v) is 8.84. The number of hydrogen-bond donors (Lipinski definition) is 0. The van der Waals surface area contributed by atoms with Crippen LogP contribution in [-0.2, 0) is 11.3 Å². The van der Waals surface area contributed by atoms with Gasteiger partial charge < -0.3 is 9.47 Å².